The quantitative estimate of drug-likeness (QED) is 0.847. The molecule has 1 aliphatic rings. The fraction of sp³-hybridized carbons (Fsp3) is 0.400. The van der Waals surface area contributed by atoms with E-state index in [1.165, 1.54) is 12.5 Å². The Labute approximate surface area is 159 Å². The molecule has 0 spiro atoms. The molecule has 0 atom stereocenters. The van der Waals surface area contributed by atoms with Crippen LogP contribution in [0.2, 0.25) is 0 Å². The molecule has 7 nitrogen and oxygen atoms in total. The Balaban J connectivity index is 1.39. The van der Waals surface area contributed by atoms with Gasteiger partial charge in [-0.1, -0.05) is 12.1 Å². The Bertz CT molecular complexity index is 748. The lowest BCUT2D eigenvalue weighted by molar-refractivity contribution is 0.0707. The van der Waals surface area contributed by atoms with Crippen LogP contribution >= 0.6 is 0 Å². The number of nitrogens with one attached hydrogen (secondary N) is 2. The van der Waals surface area contributed by atoms with Gasteiger partial charge in [-0.3, -0.25) is 4.79 Å². The molecule has 2 N–H and O–H groups in total. The predicted octanol–water partition coefficient (Wildman–Crippen LogP) is 2.45. The van der Waals surface area contributed by atoms with Crippen LogP contribution in [-0.4, -0.2) is 50.1 Å². The summed E-state index contributed by atoms with van der Waals surface area (Å²) in [6.07, 6.45) is 4.45. The first-order valence-corrected chi connectivity index (χ1v) is 9.15. The number of carbonyl (C=O) groups is 2. The maximum Gasteiger partial charge on any atom is 0.315 e. The van der Waals surface area contributed by atoms with Gasteiger partial charge in [0, 0.05) is 45.5 Å². The summed E-state index contributed by atoms with van der Waals surface area (Å²) < 4.78 is 4.97. The molecular formula is C20H26N4O3. The minimum atomic E-state index is -0.175. The first kappa shape index (κ1) is 18.8. The van der Waals surface area contributed by atoms with Gasteiger partial charge in [0.1, 0.15) is 6.26 Å². The highest BCUT2D eigenvalue weighted by Crippen LogP contribution is 2.15. The van der Waals surface area contributed by atoms with Gasteiger partial charge in [-0.15, -0.1) is 0 Å². The van der Waals surface area contributed by atoms with Crippen molar-refractivity contribution in [2.75, 3.05) is 32.1 Å². The molecule has 0 radical (unpaired) electrons. The van der Waals surface area contributed by atoms with Gasteiger partial charge in [-0.25, -0.2) is 4.79 Å². The summed E-state index contributed by atoms with van der Waals surface area (Å²) in [5, 5.41) is 5.89. The van der Waals surface area contributed by atoms with Crippen LogP contribution in [0.25, 0.3) is 0 Å². The van der Waals surface area contributed by atoms with E-state index >= 15 is 0 Å². The molecule has 0 saturated carbocycles. The first-order chi connectivity index (χ1) is 13.0. The van der Waals surface area contributed by atoms with Gasteiger partial charge in [0.05, 0.1) is 11.8 Å². The predicted molar refractivity (Wildman–Crippen MR) is 104 cm³/mol. The summed E-state index contributed by atoms with van der Waals surface area (Å²) in [5.74, 6) is -0.0205. The molecule has 2 aromatic rings. The fourth-order valence-corrected chi connectivity index (χ4v) is 3.13. The number of benzene rings is 1. The van der Waals surface area contributed by atoms with Crippen molar-refractivity contribution in [3.05, 3.63) is 54.0 Å². The maximum absolute atomic E-state index is 12.3. The van der Waals surface area contributed by atoms with Crippen molar-refractivity contribution in [3.63, 3.8) is 0 Å². The highest BCUT2D eigenvalue weighted by Gasteiger charge is 2.24. The third-order valence-electron chi connectivity index (χ3n) is 4.79. The number of hydrogen-bond donors (Lipinski definition) is 2. The van der Waals surface area contributed by atoms with Crippen LogP contribution in [0.3, 0.4) is 0 Å². The number of urea groups is 1. The van der Waals surface area contributed by atoms with Crippen LogP contribution in [0.4, 0.5) is 10.5 Å². The number of hydrogen-bond acceptors (Lipinski definition) is 4. The summed E-state index contributed by atoms with van der Waals surface area (Å²) in [4.78, 5) is 28.3. The topological polar surface area (TPSA) is 77.8 Å². The number of rotatable bonds is 5. The first-order valence-electron chi connectivity index (χ1n) is 9.15. The van der Waals surface area contributed by atoms with E-state index in [0.29, 0.717) is 25.2 Å². The number of anilines is 1. The summed E-state index contributed by atoms with van der Waals surface area (Å²) in [6, 6.07) is 9.65. The number of furan rings is 1. The second-order valence-electron chi connectivity index (χ2n) is 6.97. The smallest absolute Gasteiger partial charge is 0.315 e. The second-order valence-corrected chi connectivity index (χ2v) is 6.97. The minimum absolute atomic E-state index is 0.0205. The number of likely N-dealkylation sites (tertiary alicyclic amines) is 1. The molecule has 3 amide bonds. The molecule has 1 aliphatic heterocycles. The zero-order chi connectivity index (χ0) is 19.2. The number of carbonyl (C=O) groups excluding carboxylic acids is 2. The fourth-order valence-electron chi connectivity index (χ4n) is 3.13. The van der Waals surface area contributed by atoms with Gasteiger partial charge < -0.3 is 24.9 Å². The Morgan fingerprint density at radius 2 is 1.85 bits per heavy atom. The average molecular weight is 370 g/mol. The normalized spacial score (nSPS) is 14.7. The van der Waals surface area contributed by atoms with E-state index in [2.05, 4.69) is 10.6 Å². The zero-order valence-electron chi connectivity index (χ0n) is 15.8. The van der Waals surface area contributed by atoms with Gasteiger partial charge in [-0.05, 0) is 36.6 Å². The summed E-state index contributed by atoms with van der Waals surface area (Å²) in [6.45, 7) is 1.74. The Morgan fingerprint density at radius 1 is 1.15 bits per heavy atom. The Hall–Kier alpha value is -2.96. The number of piperidine rings is 1. The SMILES string of the molecule is CN(C)c1ccc(CNC(=O)NC2CCN(C(=O)c3ccoc3)CC2)cc1. The van der Waals surface area contributed by atoms with Gasteiger partial charge in [-0.2, -0.15) is 0 Å². The number of nitrogens with zero attached hydrogens (tertiary/aromatic N) is 2. The molecule has 144 valence electrons. The molecule has 0 unspecified atom stereocenters. The molecular weight excluding hydrogens is 344 g/mol. The van der Waals surface area contributed by atoms with E-state index in [1.807, 2.05) is 43.3 Å². The Morgan fingerprint density at radius 3 is 2.44 bits per heavy atom. The van der Waals surface area contributed by atoms with Crippen LogP contribution in [0.1, 0.15) is 28.8 Å². The molecule has 2 heterocycles. The molecule has 1 saturated heterocycles. The molecule has 1 aromatic carbocycles. The van der Waals surface area contributed by atoms with E-state index in [9.17, 15) is 9.59 Å². The minimum Gasteiger partial charge on any atom is -0.472 e. The van der Waals surface area contributed by atoms with E-state index < -0.39 is 0 Å². The molecule has 7 heteroatoms. The van der Waals surface area contributed by atoms with Crippen molar-refractivity contribution in [1.29, 1.82) is 0 Å². The van der Waals surface area contributed by atoms with Crippen molar-refractivity contribution in [2.24, 2.45) is 0 Å². The van der Waals surface area contributed by atoms with E-state index in [0.717, 1.165) is 24.1 Å². The number of amides is 3. The summed E-state index contributed by atoms with van der Waals surface area (Å²) >= 11 is 0. The largest absolute Gasteiger partial charge is 0.472 e. The van der Waals surface area contributed by atoms with Crippen LogP contribution < -0.4 is 15.5 Å². The lowest BCUT2D eigenvalue weighted by Gasteiger charge is -2.32. The maximum atomic E-state index is 12.3. The molecule has 3 rings (SSSR count). The van der Waals surface area contributed by atoms with Gasteiger partial charge in [0.25, 0.3) is 5.91 Å². The zero-order valence-corrected chi connectivity index (χ0v) is 15.8. The Kier molecular flexibility index (Phi) is 6.01. The lowest BCUT2D eigenvalue weighted by atomic mass is 10.0. The van der Waals surface area contributed by atoms with Crippen LogP contribution in [0.15, 0.2) is 47.3 Å². The monoisotopic (exact) mass is 370 g/mol. The lowest BCUT2D eigenvalue weighted by Crippen LogP contribution is -2.49. The van der Waals surface area contributed by atoms with Gasteiger partial charge in [0.15, 0.2) is 0 Å². The van der Waals surface area contributed by atoms with E-state index in [-0.39, 0.29) is 18.0 Å². The highest BCUT2D eigenvalue weighted by atomic mass is 16.3. The van der Waals surface area contributed by atoms with E-state index in [1.54, 1.807) is 11.0 Å². The van der Waals surface area contributed by atoms with Gasteiger partial charge in [0.2, 0.25) is 0 Å². The molecule has 27 heavy (non-hydrogen) atoms. The average Bonchev–Trinajstić information content (AvgIpc) is 3.21. The highest BCUT2D eigenvalue weighted by molar-refractivity contribution is 5.93. The molecule has 0 bridgehead atoms. The van der Waals surface area contributed by atoms with Crippen molar-refractivity contribution >= 4 is 17.6 Å². The standard InChI is InChI=1S/C20H26N4O3/c1-23(2)18-5-3-15(4-6-18)13-21-20(26)22-17-7-10-24(11-8-17)19(25)16-9-12-27-14-16/h3-6,9,12,14,17H,7-8,10-11,13H2,1-2H3,(H2,21,22,26). The van der Waals surface area contributed by atoms with Crippen molar-refractivity contribution in [2.45, 2.75) is 25.4 Å². The van der Waals surface area contributed by atoms with Crippen molar-refractivity contribution in [3.8, 4) is 0 Å². The summed E-state index contributed by atoms with van der Waals surface area (Å²) in [7, 11) is 3.99. The van der Waals surface area contributed by atoms with Crippen LogP contribution in [0.5, 0.6) is 0 Å². The molecule has 1 aromatic heterocycles. The van der Waals surface area contributed by atoms with Crippen molar-refractivity contribution in [1.82, 2.24) is 15.5 Å². The third-order valence-corrected chi connectivity index (χ3v) is 4.79. The van der Waals surface area contributed by atoms with Crippen LogP contribution in [0, 0.1) is 0 Å². The summed E-state index contributed by atoms with van der Waals surface area (Å²) in [5.41, 5.74) is 2.75. The third kappa shape index (κ3) is 5.03. The van der Waals surface area contributed by atoms with E-state index in [4.69, 9.17) is 4.42 Å². The van der Waals surface area contributed by atoms with Crippen LogP contribution in [-0.2, 0) is 6.54 Å². The van der Waals surface area contributed by atoms with Gasteiger partial charge >= 0.3 is 6.03 Å². The molecule has 0 aliphatic carbocycles. The second kappa shape index (κ2) is 8.62. The molecule has 1 fully saturated rings. The van der Waals surface area contributed by atoms with Crippen molar-refractivity contribution < 1.29 is 14.0 Å².